The molecule has 0 heterocycles. The first-order valence-corrected chi connectivity index (χ1v) is 8.49. The van der Waals surface area contributed by atoms with E-state index < -0.39 is 16.1 Å². The Kier molecular flexibility index (Phi) is 6.94. The molecular formula is C14H23NO5S. The Balaban J connectivity index is 3.19. The lowest BCUT2D eigenvalue weighted by Gasteiger charge is -2.17. The summed E-state index contributed by atoms with van der Waals surface area (Å²) in [5, 5.41) is 9.16. The van der Waals surface area contributed by atoms with Gasteiger partial charge in [0.2, 0.25) is 10.0 Å². The van der Waals surface area contributed by atoms with Gasteiger partial charge in [0.1, 0.15) is 16.4 Å². The molecule has 0 amide bonds. The van der Waals surface area contributed by atoms with Gasteiger partial charge in [0.15, 0.2) is 0 Å². The first kappa shape index (κ1) is 17.7. The van der Waals surface area contributed by atoms with Crippen LogP contribution in [-0.4, -0.2) is 39.4 Å². The zero-order chi connectivity index (χ0) is 15.9. The summed E-state index contributed by atoms with van der Waals surface area (Å²) in [7, 11) is -3.79. The number of benzene rings is 1. The van der Waals surface area contributed by atoms with Crippen molar-refractivity contribution in [2.24, 2.45) is 0 Å². The van der Waals surface area contributed by atoms with Gasteiger partial charge in [-0.2, -0.15) is 0 Å². The van der Waals surface area contributed by atoms with E-state index in [1.165, 1.54) is 6.07 Å². The Labute approximate surface area is 126 Å². The van der Waals surface area contributed by atoms with Crippen LogP contribution in [0.25, 0.3) is 0 Å². The average molecular weight is 317 g/mol. The van der Waals surface area contributed by atoms with E-state index in [0.717, 1.165) is 0 Å². The molecule has 0 aliphatic rings. The molecular weight excluding hydrogens is 294 g/mol. The highest BCUT2D eigenvalue weighted by molar-refractivity contribution is 7.89. The molecule has 0 radical (unpaired) electrons. The van der Waals surface area contributed by atoms with Crippen molar-refractivity contribution in [2.45, 2.75) is 38.1 Å². The summed E-state index contributed by atoms with van der Waals surface area (Å²) in [5.41, 5.74) is 0. The Morgan fingerprint density at radius 3 is 2.38 bits per heavy atom. The number of sulfonamides is 1. The molecule has 120 valence electrons. The topological polar surface area (TPSA) is 84.9 Å². The van der Waals surface area contributed by atoms with Gasteiger partial charge < -0.3 is 14.6 Å². The zero-order valence-corrected chi connectivity index (χ0v) is 13.4. The van der Waals surface area contributed by atoms with Crippen molar-refractivity contribution in [2.75, 3.05) is 19.8 Å². The lowest BCUT2D eigenvalue weighted by Crippen LogP contribution is -2.37. The van der Waals surface area contributed by atoms with Crippen molar-refractivity contribution in [1.82, 2.24) is 4.72 Å². The number of ether oxygens (including phenoxy) is 2. The Morgan fingerprint density at radius 1 is 1.19 bits per heavy atom. The molecule has 1 atom stereocenters. The summed E-state index contributed by atoms with van der Waals surface area (Å²) in [5.74, 6) is 0.722. The number of aliphatic hydroxyl groups excluding tert-OH is 1. The van der Waals surface area contributed by atoms with Crippen LogP contribution in [0.5, 0.6) is 11.5 Å². The van der Waals surface area contributed by atoms with Crippen LogP contribution in [0.2, 0.25) is 0 Å². The molecule has 0 aromatic heterocycles. The van der Waals surface area contributed by atoms with Crippen LogP contribution in [0.1, 0.15) is 27.2 Å². The van der Waals surface area contributed by atoms with E-state index in [1.807, 2.05) is 6.92 Å². The van der Waals surface area contributed by atoms with E-state index in [4.69, 9.17) is 14.6 Å². The maximum Gasteiger partial charge on any atom is 0.244 e. The van der Waals surface area contributed by atoms with Crippen molar-refractivity contribution in [3.8, 4) is 11.5 Å². The highest BCUT2D eigenvalue weighted by atomic mass is 32.2. The van der Waals surface area contributed by atoms with Crippen molar-refractivity contribution in [3.05, 3.63) is 18.2 Å². The number of hydrogen-bond acceptors (Lipinski definition) is 5. The van der Waals surface area contributed by atoms with E-state index in [-0.39, 0.29) is 17.3 Å². The quantitative estimate of drug-likeness (QED) is 0.721. The van der Waals surface area contributed by atoms with Crippen molar-refractivity contribution in [1.29, 1.82) is 0 Å². The first-order chi connectivity index (χ1) is 9.98. The van der Waals surface area contributed by atoms with Gasteiger partial charge in [0.25, 0.3) is 0 Å². The molecule has 0 aliphatic carbocycles. The normalized spacial score (nSPS) is 13.0. The molecule has 0 aliphatic heterocycles. The van der Waals surface area contributed by atoms with Gasteiger partial charge in [-0.1, -0.05) is 6.92 Å². The van der Waals surface area contributed by atoms with E-state index in [2.05, 4.69) is 4.72 Å². The molecule has 0 fully saturated rings. The first-order valence-electron chi connectivity index (χ1n) is 7.01. The lowest BCUT2D eigenvalue weighted by atomic mass is 10.3. The minimum Gasteiger partial charge on any atom is -0.494 e. The fourth-order valence-corrected chi connectivity index (χ4v) is 3.23. The predicted octanol–water partition coefficient (Wildman–Crippen LogP) is 1.53. The minimum atomic E-state index is -3.79. The van der Waals surface area contributed by atoms with Crippen LogP contribution in [0.3, 0.4) is 0 Å². The van der Waals surface area contributed by atoms with Gasteiger partial charge in [-0.05, 0) is 32.4 Å². The molecule has 0 bridgehead atoms. The van der Waals surface area contributed by atoms with Crippen LogP contribution in [-0.2, 0) is 10.0 Å². The SMILES string of the molecule is CCOc1ccc(OCC)c(S(=O)(=O)N[C@@H](CC)CO)c1. The largest absolute Gasteiger partial charge is 0.494 e. The van der Waals surface area contributed by atoms with Gasteiger partial charge >= 0.3 is 0 Å². The second-order valence-electron chi connectivity index (χ2n) is 4.38. The van der Waals surface area contributed by atoms with Crippen LogP contribution >= 0.6 is 0 Å². The standard InChI is InChI=1S/C14H23NO5S/c1-4-11(10-16)15-21(17,18)14-9-12(19-5-2)7-8-13(14)20-6-3/h7-9,11,15-16H,4-6,10H2,1-3H3/t11-/m0/s1. The number of hydrogen-bond donors (Lipinski definition) is 2. The molecule has 21 heavy (non-hydrogen) atoms. The van der Waals surface area contributed by atoms with Gasteiger partial charge in [0, 0.05) is 12.1 Å². The van der Waals surface area contributed by atoms with Crippen molar-refractivity contribution >= 4 is 10.0 Å². The third kappa shape index (κ3) is 4.87. The Hall–Kier alpha value is -1.31. The monoisotopic (exact) mass is 317 g/mol. The fourth-order valence-electron chi connectivity index (χ4n) is 1.76. The molecule has 0 spiro atoms. The molecule has 0 saturated carbocycles. The van der Waals surface area contributed by atoms with Gasteiger partial charge in [-0.25, -0.2) is 13.1 Å². The summed E-state index contributed by atoms with van der Waals surface area (Å²) in [4.78, 5) is 0.0159. The Bertz CT molecular complexity index is 540. The van der Waals surface area contributed by atoms with Crippen molar-refractivity contribution < 1.29 is 23.0 Å². The lowest BCUT2D eigenvalue weighted by molar-refractivity contribution is 0.253. The van der Waals surface area contributed by atoms with E-state index >= 15 is 0 Å². The Morgan fingerprint density at radius 2 is 1.86 bits per heavy atom. The second-order valence-corrected chi connectivity index (χ2v) is 6.07. The number of aliphatic hydroxyl groups is 1. The van der Waals surface area contributed by atoms with Gasteiger partial charge in [-0.15, -0.1) is 0 Å². The molecule has 7 heteroatoms. The van der Waals surface area contributed by atoms with Crippen LogP contribution in [0, 0.1) is 0 Å². The summed E-state index contributed by atoms with van der Waals surface area (Å²) in [6, 6.07) is 4.14. The fraction of sp³-hybridized carbons (Fsp3) is 0.571. The maximum absolute atomic E-state index is 12.5. The van der Waals surface area contributed by atoms with Crippen molar-refractivity contribution in [3.63, 3.8) is 0 Å². The van der Waals surface area contributed by atoms with Crippen LogP contribution in [0.4, 0.5) is 0 Å². The summed E-state index contributed by atoms with van der Waals surface area (Å²) < 4.78 is 38.1. The highest BCUT2D eigenvalue weighted by Crippen LogP contribution is 2.28. The second kappa shape index (κ2) is 8.21. The van der Waals surface area contributed by atoms with Crippen LogP contribution in [0.15, 0.2) is 23.1 Å². The molecule has 1 aromatic rings. The molecule has 2 N–H and O–H groups in total. The maximum atomic E-state index is 12.5. The zero-order valence-electron chi connectivity index (χ0n) is 12.6. The molecule has 6 nitrogen and oxygen atoms in total. The number of nitrogens with one attached hydrogen (secondary N) is 1. The van der Waals surface area contributed by atoms with E-state index in [1.54, 1.807) is 26.0 Å². The van der Waals surface area contributed by atoms with E-state index in [0.29, 0.717) is 25.4 Å². The summed E-state index contributed by atoms with van der Waals surface area (Å²) in [6.45, 7) is 5.93. The van der Waals surface area contributed by atoms with E-state index in [9.17, 15) is 8.42 Å². The molecule has 1 aromatic carbocycles. The van der Waals surface area contributed by atoms with Gasteiger partial charge in [-0.3, -0.25) is 0 Å². The summed E-state index contributed by atoms with van der Waals surface area (Å²) in [6.07, 6.45) is 0.491. The third-order valence-electron chi connectivity index (χ3n) is 2.85. The predicted molar refractivity (Wildman–Crippen MR) is 80.3 cm³/mol. The van der Waals surface area contributed by atoms with Gasteiger partial charge in [0.05, 0.1) is 19.8 Å². The minimum absolute atomic E-state index is 0.0159. The summed E-state index contributed by atoms with van der Waals surface area (Å²) >= 11 is 0. The average Bonchev–Trinajstić information content (AvgIpc) is 2.46. The highest BCUT2D eigenvalue weighted by Gasteiger charge is 2.23. The van der Waals surface area contributed by atoms with Crippen LogP contribution < -0.4 is 14.2 Å². The molecule has 0 unspecified atom stereocenters. The smallest absolute Gasteiger partial charge is 0.244 e. The molecule has 1 rings (SSSR count). The third-order valence-corrected chi connectivity index (χ3v) is 4.39. The molecule has 0 saturated heterocycles. The number of rotatable bonds is 9.